The van der Waals surface area contributed by atoms with Crippen molar-refractivity contribution < 1.29 is 9.53 Å². The fraction of sp³-hybridized carbons (Fsp3) is 0.533. The molecule has 0 radical (unpaired) electrons. The third-order valence-electron chi connectivity index (χ3n) is 3.62. The van der Waals surface area contributed by atoms with Crippen LogP contribution in [0.25, 0.3) is 0 Å². The van der Waals surface area contributed by atoms with E-state index in [-0.39, 0.29) is 11.9 Å². The lowest BCUT2D eigenvalue weighted by Crippen LogP contribution is -2.40. The zero-order valence-corrected chi connectivity index (χ0v) is 12.9. The van der Waals surface area contributed by atoms with E-state index in [0.717, 1.165) is 19.4 Å². The van der Waals surface area contributed by atoms with E-state index in [0.29, 0.717) is 37.0 Å². The first-order valence-electron chi connectivity index (χ1n) is 7.54. The van der Waals surface area contributed by atoms with Gasteiger partial charge in [-0.3, -0.25) is 4.79 Å². The van der Waals surface area contributed by atoms with E-state index in [2.05, 4.69) is 21.9 Å². The van der Waals surface area contributed by atoms with Crippen LogP contribution >= 0.6 is 0 Å². The van der Waals surface area contributed by atoms with E-state index in [9.17, 15) is 4.79 Å². The minimum Gasteiger partial charge on any atom is -0.466 e. The summed E-state index contributed by atoms with van der Waals surface area (Å²) in [5, 5.41) is 3.08. The van der Waals surface area contributed by atoms with Crippen LogP contribution in [0.5, 0.6) is 0 Å². The molecule has 7 heteroatoms. The Morgan fingerprint density at radius 3 is 3.18 bits per heavy atom. The second kappa shape index (κ2) is 7.63. The number of piperidine rings is 1. The summed E-state index contributed by atoms with van der Waals surface area (Å²) in [5.74, 6) is 0.969. The molecule has 120 valence electrons. The quantitative estimate of drug-likeness (QED) is 0.606. The largest absolute Gasteiger partial charge is 0.466 e. The summed E-state index contributed by atoms with van der Waals surface area (Å²) in [7, 11) is 0. The Labute approximate surface area is 130 Å². The van der Waals surface area contributed by atoms with Crippen molar-refractivity contribution in [3.8, 4) is 0 Å². The third kappa shape index (κ3) is 3.66. The number of carbonyl (C=O) groups is 1. The van der Waals surface area contributed by atoms with E-state index >= 15 is 0 Å². The molecule has 1 saturated heterocycles. The molecule has 1 aliphatic heterocycles. The number of aromatic nitrogens is 2. The van der Waals surface area contributed by atoms with Crippen LogP contribution in [0.15, 0.2) is 19.0 Å². The Morgan fingerprint density at radius 2 is 2.45 bits per heavy atom. The molecule has 1 atom stereocenters. The van der Waals surface area contributed by atoms with Crippen LogP contribution in [0.3, 0.4) is 0 Å². The van der Waals surface area contributed by atoms with Crippen molar-refractivity contribution in [1.82, 2.24) is 9.97 Å². The van der Waals surface area contributed by atoms with Gasteiger partial charge >= 0.3 is 5.97 Å². The SMILES string of the molecule is C=CCNc1ncnc(N2CCCC(C(=O)OCC)C2)c1N. The molecule has 7 nitrogen and oxygen atoms in total. The van der Waals surface area contributed by atoms with Gasteiger partial charge in [-0.2, -0.15) is 0 Å². The molecular formula is C15H23N5O2. The number of nitrogens with zero attached hydrogens (tertiary/aromatic N) is 3. The van der Waals surface area contributed by atoms with Crippen molar-refractivity contribution >= 4 is 23.3 Å². The molecule has 1 fully saturated rings. The second-order valence-electron chi connectivity index (χ2n) is 5.17. The fourth-order valence-electron chi connectivity index (χ4n) is 2.57. The molecule has 22 heavy (non-hydrogen) atoms. The fourth-order valence-corrected chi connectivity index (χ4v) is 2.57. The number of ether oxygens (including phenoxy) is 1. The molecule has 3 N–H and O–H groups in total. The number of nitrogen functional groups attached to an aromatic ring is 1. The average molecular weight is 305 g/mol. The van der Waals surface area contributed by atoms with Crippen LogP contribution in [0.1, 0.15) is 19.8 Å². The maximum Gasteiger partial charge on any atom is 0.310 e. The van der Waals surface area contributed by atoms with Gasteiger partial charge in [0.25, 0.3) is 0 Å². The first-order chi connectivity index (χ1) is 10.7. The summed E-state index contributed by atoms with van der Waals surface area (Å²) in [6.07, 6.45) is 4.95. The highest BCUT2D eigenvalue weighted by atomic mass is 16.5. The monoisotopic (exact) mass is 305 g/mol. The zero-order valence-electron chi connectivity index (χ0n) is 12.9. The molecule has 2 rings (SSSR count). The average Bonchev–Trinajstić information content (AvgIpc) is 2.54. The zero-order chi connectivity index (χ0) is 15.9. The van der Waals surface area contributed by atoms with Gasteiger partial charge in [0.15, 0.2) is 11.6 Å². The molecule has 1 aliphatic rings. The van der Waals surface area contributed by atoms with E-state index in [1.54, 1.807) is 6.08 Å². The smallest absolute Gasteiger partial charge is 0.310 e. The van der Waals surface area contributed by atoms with Crippen molar-refractivity contribution in [3.63, 3.8) is 0 Å². The first-order valence-corrected chi connectivity index (χ1v) is 7.54. The Balaban J connectivity index is 2.13. The van der Waals surface area contributed by atoms with Crippen LogP contribution in [0, 0.1) is 5.92 Å². The van der Waals surface area contributed by atoms with Crippen LogP contribution in [-0.4, -0.2) is 42.2 Å². The molecule has 0 spiro atoms. The number of nitrogens with one attached hydrogen (secondary N) is 1. The minimum atomic E-state index is -0.148. The topological polar surface area (TPSA) is 93.4 Å². The lowest BCUT2D eigenvalue weighted by atomic mass is 9.98. The van der Waals surface area contributed by atoms with E-state index in [1.807, 2.05) is 11.8 Å². The summed E-state index contributed by atoms with van der Waals surface area (Å²) in [4.78, 5) is 22.4. The van der Waals surface area contributed by atoms with Crippen LogP contribution in [-0.2, 0) is 9.53 Å². The second-order valence-corrected chi connectivity index (χ2v) is 5.17. The predicted molar refractivity (Wildman–Crippen MR) is 86.7 cm³/mol. The number of carbonyl (C=O) groups excluding carboxylic acids is 1. The van der Waals surface area contributed by atoms with Crippen molar-refractivity contribution in [2.75, 3.05) is 42.2 Å². The Hall–Kier alpha value is -2.31. The molecular weight excluding hydrogens is 282 g/mol. The van der Waals surface area contributed by atoms with Crippen molar-refractivity contribution in [2.45, 2.75) is 19.8 Å². The summed E-state index contributed by atoms with van der Waals surface area (Å²) < 4.78 is 5.12. The van der Waals surface area contributed by atoms with E-state index < -0.39 is 0 Å². The molecule has 0 bridgehead atoms. The number of hydrogen-bond donors (Lipinski definition) is 2. The summed E-state index contributed by atoms with van der Waals surface area (Å²) in [6.45, 7) is 7.84. The van der Waals surface area contributed by atoms with Gasteiger partial charge in [0, 0.05) is 19.6 Å². The molecule has 0 saturated carbocycles. The summed E-state index contributed by atoms with van der Waals surface area (Å²) >= 11 is 0. The highest BCUT2D eigenvalue weighted by Crippen LogP contribution is 2.30. The van der Waals surface area contributed by atoms with Gasteiger partial charge in [0.2, 0.25) is 0 Å². The summed E-state index contributed by atoms with van der Waals surface area (Å²) in [5.41, 5.74) is 6.65. The number of hydrogen-bond acceptors (Lipinski definition) is 7. The molecule has 2 heterocycles. The van der Waals surface area contributed by atoms with Crippen LogP contribution in [0.2, 0.25) is 0 Å². The maximum absolute atomic E-state index is 11.9. The lowest BCUT2D eigenvalue weighted by molar-refractivity contribution is -0.148. The molecule has 1 unspecified atom stereocenters. The van der Waals surface area contributed by atoms with Crippen molar-refractivity contribution in [1.29, 1.82) is 0 Å². The lowest BCUT2D eigenvalue weighted by Gasteiger charge is -2.33. The van der Waals surface area contributed by atoms with Gasteiger partial charge in [-0.25, -0.2) is 9.97 Å². The standard InChI is InChI=1S/C15H23N5O2/c1-3-7-17-13-12(16)14(19-10-18-13)20-8-5-6-11(9-20)15(21)22-4-2/h3,10-11H,1,4-9,16H2,2H3,(H,17,18,19). The van der Waals surface area contributed by atoms with Gasteiger partial charge in [-0.15, -0.1) is 6.58 Å². The van der Waals surface area contributed by atoms with Gasteiger partial charge < -0.3 is 20.7 Å². The molecule has 0 aromatic carbocycles. The highest BCUT2D eigenvalue weighted by molar-refractivity contribution is 5.77. The predicted octanol–water partition coefficient (Wildman–Crippen LogP) is 1.44. The first kappa shape index (κ1) is 16.1. The number of anilines is 3. The highest BCUT2D eigenvalue weighted by Gasteiger charge is 2.28. The Bertz CT molecular complexity index is 535. The van der Waals surface area contributed by atoms with Crippen LogP contribution in [0.4, 0.5) is 17.3 Å². The molecule has 0 aliphatic carbocycles. The van der Waals surface area contributed by atoms with Gasteiger partial charge in [-0.1, -0.05) is 6.08 Å². The maximum atomic E-state index is 11.9. The van der Waals surface area contributed by atoms with Crippen molar-refractivity contribution in [3.05, 3.63) is 19.0 Å². The van der Waals surface area contributed by atoms with Gasteiger partial charge in [-0.05, 0) is 19.8 Å². The normalized spacial score (nSPS) is 17.9. The number of nitrogens with two attached hydrogens (primary N) is 1. The number of rotatable bonds is 6. The Morgan fingerprint density at radius 1 is 1.64 bits per heavy atom. The van der Waals surface area contributed by atoms with Crippen molar-refractivity contribution in [2.24, 2.45) is 5.92 Å². The minimum absolute atomic E-state index is 0.132. The van der Waals surface area contributed by atoms with Gasteiger partial charge in [0.1, 0.15) is 12.0 Å². The third-order valence-corrected chi connectivity index (χ3v) is 3.62. The van der Waals surface area contributed by atoms with Crippen LogP contribution < -0.4 is 16.0 Å². The van der Waals surface area contributed by atoms with E-state index in [1.165, 1.54) is 6.33 Å². The molecule has 1 aromatic heterocycles. The summed E-state index contributed by atoms with van der Waals surface area (Å²) in [6, 6.07) is 0. The van der Waals surface area contributed by atoms with E-state index in [4.69, 9.17) is 10.5 Å². The number of esters is 1. The Kier molecular flexibility index (Phi) is 5.57. The molecule has 0 amide bonds. The van der Waals surface area contributed by atoms with Gasteiger partial charge in [0.05, 0.1) is 12.5 Å². The molecule has 1 aromatic rings.